The Morgan fingerprint density at radius 1 is 1.75 bits per heavy atom. The van der Waals surface area contributed by atoms with Gasteiger partial charge in [-0.3, -0.25) is 0 Å². The van der Waals surface area contributed by atoms with E-state index in [1.165, 1.54) is 0 Å². The summed E-state index contributed by atoms with van der Waals surface area (Å²) < 4.78 is 0. The van der Waals surface area contributed by atoms with Crippen LogP contribution in [0, 0.1) is 0 Å². The van der Waals surface area contributed by atoms with Gasteiger partial charge in [0, 0.05) is 0 Å². The Morgan fingerprint density at radius 2 is 2.38 bits per heavy atom. The molecule has 8 heavy (non-hydrogen) atoms. The molecule has 0 spiro atoms. The molecule has 0 aliphatic carbocycles. The quantitative estimate of drug-likeness (QED) is 0.578. The molecule has 2 unspecified atom stereocenters. The highest BCUT2D eigenvalue weighted by atomic mass is 31.1. The predicted octanol–water partition coefficient (Wildman–Crippen LogP) is 1.58. The van der Waals surface area contributed by atoms with Gasteiger partial charge < -0.3 is 5.11 Å². The Labute approximate surface area is 52.6 Å². The summed E-state index contributed by atoms with van der Waals surface area (Å²) in [4.78, 5) is 0. The Balaban J connectivity index is 2.93. The first-order valence-corrected chi connectivity index (χ1v) is 4.08. The van der Waals surface area contributed by atoms with Crippen LogP contribution in [0.2, 0.25) is 0 Å². The van der Waals surface area contributed by atoms with Crippen molar-refractivity contribution in [1.82, 2.24) is 0 Å². The third-order valence-corrected chi connectivity index (χ3v) is 2.09. The molecular weight excluding hydrogens is 119 g/mol. The minimum absolute atomic E-state index is 0.135. The van der Waals surface area contributed by atoms with Crippen LogP contribution < -0.4 is 0 Å². The van der Waals surface area contributed by atoms with E-state index in [9.17, 15) is 0 Å². The third-order valence-electron chi connectivity index (χ3n) is 0.698. The molecule has 0 aromatic carbocycles. The molecule has 0 fully saturated rings. The van der Waals surface area contributed by atoms with Gasteiger partial charge in [-0.25, -0.2) is 0 Å². The molecule has 0 bridgehead atoms. The van der Waals surface area contributed by atoms with Crippen LogP contribution >= 0.6 is 8.58 Å². The molecular formula is C6H13OP. The van der Waals surface area contributed by atoms with Crippen molar-refractivity contribution < 1.29 is 5.11 Å². The molecule has 0 rings (SSSR count). The summed E-state index contributed by atoms with van der Waals surface area (Å²) in [6.45, 7) is 3.81. The molecule has 0 amide bonds. The average Bonchev–Trinajstić information content (AvgIpc) is 1.66. The summed E-state index contributed by atoms with van der Waals surface area (Å²) in [6, 6.07) is 0. The summed E-state index contributed by atoms with van der Waals surface area (Å²) in [5.41, 5.74) is 0. The standard InChI is InChI=1S/C6H13OP/c1-3-4-8-5-6(2)7/h3-4,6-8H,5H2,1-2H3. The molecule has 1 nitrogen and oxygen atoms in total. The van der Waals surface area contributed by atoms with Gasteiger partial charge in [-0.15, -0.1) is 0 Å². The van der Waals surface area contributed by atoms with Gasteiger partial charge in [-0.1, -0.05) is 20.5 Å². The Morgan fingerprint density at radius 3 is 2.75 bits per heavy atom. The van der Waals surface area contributed by atoms with Crippen LogP contribution in [0.25, 0.3) is 0 Å². The molecule has 2 heteroatoms. The number of allylic oxidation sites excluding steroid dienone is 1. The highest BCUT2D eigenvalue weighted by Crippen LogP contribution is 2.11. The van der Waals surface area contributed by atoms with Crippen LogP contribution in [-0.2, 0) is 0 Å². The van der Waals surface area contributed by atoms with Gasteiger partial charge in [0.15, 0.2) is 0 Å². The van der Waals surface area contributed by atoms with E-state index in [1.54, 1.807) is 0 Å². The number of hydrogen-bond donors (Lipinski definition) is 1. The predicted molar refractivity (Wildman–Crippen MR) is 39.7 cm³/mol. The lowest BCUT2D eigenvalue weighted by Crippen LogP contribution is -1.99. The molecule has 0 aliphatic heterocycles. The smallest absolute Gasteiger partial charge is 0.0551 e. The monoisotopic (exact) mass is 132 g/mol. The maximum atomic E-state index is 8.75. The summed E-state index contributed by atoms with van der Waals surface area (Å²) in [5.74, 6) is 2.09. The van der Waals surface area contributed by atoms with Gasteiger partial charge in [-0.2, -0.15) is 0 Å². The Hall–Kier alpha value is 0.130. The van der Waals surface area contributed by atoms with Crippen molar-refractivity contribution in [3.63, 3.8) is 0 Å². The molecule has 0 aromatic heterocycles. The first kappa shape index (κ1) is 8.13. The molecule has 0 radical (unpaired) electrons. The van der Waals surface area contributed by atoms with E-state index >= 15 is 0 Å². The topological polar surface area (TPSA) is 20.2 Å². The van der Waals surface area contributed by atoms with Crippen LogP contribution in [0.3, 0.4) is 0 Å². The lowest BCUT2D eigenvalue weighted by Gasteiger charge is -1.97. The van der Waals surface area contributed by atoms with Crippen LogP contribution in [0.1, 0.15) is 13.8 Å². The van der Waals surface area contributed by atoms with Crippen LogP contribution in [0.5, 0.6) is 0 Å². The summed E-state index contributed by atoms with van der Waals surface area (Å²) in [7, 11) is 0.782. The third kappa shape index (κ3) is 6.13. The lowest BCUT2D eigenvalue weighted by atomic mass is 10.5. The van der Waals surface area contributed by atoms with Crippen molar-refractivity contribution >= 4 is 8.58 Å². The number of hydrogen-bond acceptors (Lipinski definition) is 1. The zero-order chi connectivity index (χ0) is 6.41. The van der Waals surface area contributed by atoms with Crippen molar-refractivity contribution in [2.24, 2.45) is 0 Å². The molecule has 0 saturated carbocycles. The van der Waals surface area contributed by atoms with E-state index in [1.807, 2.05) is 19.9 Å². The second-order valence-electron chi connectivity index (χ2n) is 1.76. The SMILES string of the molecule is CC=CPCC(C)O. The summed E-state index contributed by atoms with van der Waals surface area (Å²) in [6.07, 6.45) is 2.79. The zero-order valence-corrected chi connectivity index (χ0v) is 6.39. The van der Waals surface area contributed by atoms with Crippen molar-refractivity contribution in [2.75, 3.05) is 6.16 Å². The minimum atomic E-state index is -0.135. The van der Waals surface area contributed by atoms with Gasteiger partial charge in [0.1, 0.15) is 0 Å². The lowest BCUT2D eigenvalue weighted by molar-refractivity contribution is 0.220. The van der Waals surface area contributed by atoms with Crippen molar-refractivity contribution in [3.05, 3.63) is 11.9 Å². The van der Waals surface area contributed by atoms with E-state index in [2.05, 4.69) is 5.82 Å². The van der Waals surface area contributed by atoms with Crippen LogP contribution in [0.15, 0.2) is 11.9 Å². The summed E-state index contributed by atoms with van der Waals surface area (Å²) in [5, 5.41) is 8.75. The zero-order valence-electron chi connectivity index (χ0n) is 5.39. The van der Waals surface area contributed by atoms with Gasteiger partial charge in [0.05, 0.1) is 6.10 Å². The normalized spacial score (nSPS) is 16.4. The van der Waals surface area contributed by atoms with E-state index < -0.39 is 0 Å². The maximum absolute atomic E-state index is 8.75. The van der Waals surface area contributed by atoms with E-state index in [0.29, 0.717) is 0 Å². The fraction of sp³-hybridized carbons (Fsp3) is 0.667. The fourth-order valence-corrected chi connectivity index (χ4v) is 1.07. The van der Waals surface area contributed by atoms with Gasteiger partial charge in [0.2, 0.25) is 0 Å². The summed E-state index contributed by atoms with van der Waals surface area (Å²) >= 11 is 0. The largest absolute Gasteiger partial charge is 0.393 e. The number of aliphatic hydroxyl groups excluding tert-OH is 1. The Bertz CT molecular complexity index is 68.9. The molecule has 0 saturated heterocycles. The second-order valence-corrected chi connectivity index (χ2v) is 2.91. The van der Waals surface area contributed by atoms with E-state index in [0.717, 1.165) is 14.7 Å². The highest BCUT2D eigenvalue weighted by molar-refractivity contribution is 7.41. The molecule has 48 valence electrons. The Kier molecular flexibility index (Phi) is 5.36. The number of aliphatic hydroxyl groups is 1. The van der Waals surface area contributed by atoms with E-state index in [-0.39, 0.29) is 6.10 Å². The van der Waals surface area contributed by atoms with Crippen LogP contribution in [-0.4, -0.2) is 17.4 Å². The van der Waals surface area contributed by atoms with Gasteiger partial charge in [-0.05, 0) is 20.0 Å². The average molecular weight is 132 g/mol. The molecule has 0 heterocycles. The van der Waals surface area contributed by atoms with Crippen LogP contribution in [0.4, 0.5) is 0 Å². The van der Waals surface area contributed by atoms with Crippen molar-refractivity contribution in [1.29, 1.82) is 0 Å². The maximum Gasteiger partial charge on any atom is 0.0551 e. The molecule has 0 aromatic rings. The second kappa shape index (κ2) is 5.27. The molecule has 2 atom stereocenters. The minimum Gasteiger partial charge on any atom is -0.393 e. The van der Waals surface area contributed by atoms with Crippen molar-refractivity contribution in [2.45, 2.75) is 20.0 Å². The molecule has 0 aliphatic rings. The van der Waals surface area contributed by atoms with Crippen molar-refractivity contribution in [3.8, 4) is 0 Å². The first-order valence-electron chi connectivity index (χ1n) is 2.80. The first-order chi connectivity index (χ1) is 3.77. The number of rotatable bonds is 3. The fourth-order valence-electron chi connectivity index (χ4n) is 0.356. The van der Waals surface area contributed by atoms with E-state index in [4.69, 9.17) is 5.11 Å². The highest BCUT2D eigenvalue weighted by Gasteiger charge is 1.89. The van der Waals surface area contributed by atoms with Gasteiger partial charge >= 0.3 is 0 Å². The van der Waals surface area contributed by atoms with Gasteiger partial charge in [0.25, 0.3) is 0 Å². The molecule has 1 N–H and O–H groups in total.